The highest BCUT2D eigenvalue weighted by molar-refractivity contribution is 6.40. The highest BCUT2D eigenvalue weighted by atomic mass is 35.5. The number of likely N-dealkylation sites (tertiary alicyclic amines) is 1. The maximum atomic E-state index is 12.2. The van der Waals surface area contributed by atoms with E-state index in [0.29, 0.717) is 17.3 Å². The van der Waals surface area contributed by atoms with E-state index >= 15 is 0 Å². The van der Waals surface area contributed by atoms with E-state index in [1.807, 2.05) is 19.9 Å². The number of carbonyl (C=O) groups excluding carboxylic acids is 2. The number of nitrogens with one attached hydrogen (secondary N) is 1. The number of amides is 2. The fourth-order valence-corrected chi connectivity index (χ4v) is 2.61. The van der Waals surface area contributed by atoms with Crippen molar-refractivity contribution in [2.75, 3.05) is 11.9 Å². The minimum atomic E-state index is -0.593. The number of aryl methyl sites for hydroxylation is 1. The summed E-state index contributed by atoms with van der Waals surface area (Å²) in [5, 5.41) is 3.19. The molecule has 1 aromatic rings. The van der Waals surface area contributed by atoms with Crippen molar-refractivity contribution in [2.45, 2.75) is 39.2 Å². The first-order chi connectivity index (χ1) is 9.49. The summed E-state index contributed by atoms with van der Waals surface area (Å²) >= 11 is 5.91. The molecule has 1 atom stereocenters. The van der Waals surface area contributed by atoms with Gasteiger partial charge in [0.1, 0.15) is 0 Å². The van der Waals surface area contributed by atoms with Crippen LogP contribution in [-0.2, 0) is 9.59 Å². The standard InChI is InChI=1S/C15H19ClN2O2/c1-10-6-7-12(16)9-13(10)17-14(19)15(20)18-8-4-3-5-11(18)2/h6-7,9,11H,3-5,8H2,1-2H3,(H,17,19). The molecule has 1 unspecified atom stereocenters. The Morgan fingerprint density at radius 1 is 1.35 bits per heavy atom. The van der Waals surface area contributed by atoms with Crippen LogP contribution in [0.4, 0.5) is 5.69 Å². The van der Waals surface area contributed by atoms with Gasteiger partial charge in [0, 0.05) is 23.3 Å². The SMILES string of the molecule is Cc1ccc(Cl)cc1NC(=O)C(=O)N1CCCCC1C. The molecule has 1 saturated heterocycles. The van der Waals surface area contributed by atoms with Crippen LogP contribution in [0.2, 0.25) is 5.02 Å². The predicted molar refractivity (Wildman–Crippen MR) is 79.8 cm³/mol. The van der Waals surface area contributed by atoms with Gasteiger partial charge in [-0.15, -0.1) is 0 Å². The Morgan fingerprint density at radius 2 is 2.10 bits per heavy atom. The molecule has 0 radical (unpaired) electrons. The monoisotopic (exact) mass is 294 g/mol. The van der Waals surface area contributed by atoms with Crippen LogP contribution >= 0.6 is 11.6 Å². The third-order valence-corrected chi connectivity index (χ3v) is 3.94. The van der Waals surface area contributed by atoms with Crippen molar-refractivity contribution in [1.82, 2.24) is 4.90 Å². The van der Waals surface area contributed by atoms with Gasteiger partial charge < -0.3 is 10.2 Å². The van der Waals surface area contributed by atoms with E-state index in [0.717, 1.165) is 24.8 Å². The summed E-state index contributed by atoms with van der Waals surface area (Å²) in [5.41, 5.74) is 1.46. The first-order valence-electron chi connectivity index (χ1n) is 6.87. The third-order valence-electron chi connectivity index (χ3n) is 3.71. The first-order valence-corrected chi connectivity index (χ1v) is 7.25. The van der Waals surface area contributed by atoms with Gasteiger partial charge in [-0.1, -0.05) is 17.7 Å². The van der Waals surface area contributed by atoms with Crippen molar-refractivity contribution in [3.63, 3.8) is 0 Å². The van der Waals surface area contributed by atoms with Crippen molar-refractivity contribution < 1.29 is 9.59 Å². The molecule has 1 aromatic carbocycles. The van der Waals surface area contributed by atoms with Gasteiger partial charge in [0.05, 0.1) is 0 Å². The number of anilines is 1. The molecule has 0 aromatic heterocycles. The predicted octanol–water partition coefficient (Wildman–Crippen LogP) is 2.99. The van der Waals surface area contributed by atoms with E-state index in [2.05, 4.69) is 5.32 Å². The zero-order chi connectivity index (χ0) is 14.7. The number of nitrogens with zero attached hydrogens (tertiary/aromatic N) is 1. The molecule has 5 heteroatoms. The smallest absolute Gasteiger partial charge is 0.313 e. The fraction of sp³-hybridized carbons (Fsp3) is 0.467. The van der Waals surface area contributed by atoms with Crippen LogP contribution in [0.15, 0.2) is 18.2 Å². The fourth-order valence-electron chi connectivity index (χ4n) is 2.43. The summed E-state index contributed by atoms with van der Waals surface area (Å²) in [6.45, 7) is 4.50. The molecule has 2 rings (SSSR count). The van der Waals surface area contributed by atoms with Gasteiger partial charge in [0.15, 0.2) is 0 Å². The highest BCUT2D eigenvalue weighted by Gasteiger charge is 2.28. The average Bonchev–Trinajstić information content (AvgIpc) is 2.42. The van der Waals surface area contributed by atoms with E-state index in [9.17, 15) is 9.59 Å². The second-order valence-corrected chi connectivity index (χ2v) is 5.69. The van der Waals surface area contributed by atoms with Crippen molar-refractivity contribution in [3.8, 4) is 0 Å². The lowest BCUT2D eigenvalue weighted by Gasteiger charge is -2.32. The van der Waals surface area contributed by atoms with Gasteiger partial charge in [-0.2, -0.15) is 0 Å². The molecular weight excluding hydrogens is 276 g/mol. The lowest BCUT2D eigenvalue weighted by atomic mass is 10.0. The van der Waals surface area contributed by atoms with E-state index in [1.54, 1.807) is 17.0 Å². The lowest BCUT2D eigenvalue weighted by Crippen LogP contribution is -2.47. The van der Waals surface area contributed by atoms with Crippen LogP contribution in [0.25, 0.3) is 0 Å². The van der Waals surface area contributed by atoms with Crippen LogP contribution in [0.5, 0.6) is 0 Å². The molecule has 1 aliphatic rings. The number of rotatable bonds is 1. The number of benzene rings is 1. The summed E-state index contributed by atoms with van der Waals surface area (Å²) in [7, 11) is 0. The summed E-state index contributed by atoms with van der Waals surface area (Å²) < 4.78 is 0. The van der Waals surface area contributed by atoms with Gasteiger partial charge in [-0.05, 0) is 50.8 Å². The van der Waals surface area contributed by atoms with Crippen LogP contribution in [0.3, 0.4) is 0 Å². The number of halogens is 1. The number of hydrogen-bond acceptors (Lipinski definition) is 2. The molecule has 1 N–H and O–H groups in total. The van der Waals surface area contributed by atoms with Gasteiger partial charge >= 0.3 is 11.8 Å². The minimum absolute atomic E-state index is 0.127. The molecule has 0 spiro atoms. The molecule has 1 heterocycles. The Morgan fingerprint density at radius 3 is 2.80 bits per heavy atom. The average molecular weight is 295 g/mol. The Bertz CT molecular complexity index is 531. The summed E-state index contributed by atoms with van der Waals surface area (Å²) in [4.78, 5) is 25.9. The van der Waals surface area contributed by atoms with Crippen molar-refractivity contribution in [3.05, 3.63) is 28.8 Å². The third kappa shape index (κ3) is 3.31. The Labute approximate surface area is 124 Å². The molecule has 0 aliphatic carbocycles. The number of hydrogen-bond donors (Lipinski definition) is 1. The second kappa shape index (κ2) is 6.27. The molecule has 2 amide bonds. The largest absolute Gasteiger partial charge is 0.332 e. The van der Waals surface area contributed by atoms with E-state index in [-0.39, 0.29) is 6.04 Å². The zero-order valence-electron chi connectivity index (χ0n) is 11.8. The van der Waals surface area contributed by atoms with Crippen LogP contribution < -0.4 is 5.32 Å². The topological polar surface area (TPSA) is 49.4 Å². The normalized spacial score (nSPS) is 18.8. The maximum Gasteiger partial charge on any atom is 0.313 e. The Hall–Kier alpha value is -1.55. The molecule has 20 heavy (non-hydrogen) atoms. The quantitative estimate of drug-likeness (QED) is 0.810. The molecule has 1 fully saturated rings. The van der Waals surface area contributed by atoms with Crippen molar-refractivity contribution in [1.29, 1.82) is 0 Å². The molecule has 1 aliphatic heterocycles. The zero-order valence-corrected chi connectivity index (χ0v) is 12.5. The molecule has 108 valence electrons. The molecule has 0 saturated carbocycles. The first kappa shape index (κ1) is 14.9. The Kier molecular flexibility index (Phi) is 4.65. The van der Waals surface area contributed by atoms with Crippen LogP contribution in [0.1, 0.15) is 31.7 Å². The lowest BCUT2D eigenvalue weighted by molar-refractivity contribution is -0.145. The number of piperidine rings is 1. The minimum Gasteiger partial charge on any atom is -0.332 e. The van der Waals surface area contributed by atoms with Crippen LogP contribution in [-0.4, -0.2) is 29.3 Å². The van der Waals surface area contributed by atoms with Gasteiger partial charge in [-0.25, -0.2) is 0 Å². The van der Waals surface area contributed by atoms with E-state index in [4.69, 9.17) is 11.6 Å². The van der Waals surface area contributed by atoms with E-state index < -0.39 is 11.8 Å². The molecule has 0 bridgehead atoms. The molecular formula is C15H19ClN2O2. The number of carbonyl (C=O) groups is 2. The second-order valence-electron chi connectivity index (χ2n) is 5.26. The Balaban J connectivity index is 2.07. The van der Waals surface area contributed by atoms with Gasteiger partial charge in [0.2, 0.25) is 0 Å². The highest BCUT2D eigenvalue weighted by Crippen LogP contribution is 2.21. The summed E-state index contributed by atoms with van der Waals surface area (Å²) in [5.74, 6) is -1.05. The molecule has 4 nitrogen and oxygen atoms in total. The van der Waals surface area contributed by atoms with Gasteiger partial charge in [-0.3, -0.25) is 9.59 Å². The summed E-state index contributed by atoms with van der Waals surface area (Å²) in [6, 6.07) is 5.34. The van der Waals surface area contributed by atoms with E-state index in [1.165, 1.54) is 0 Å². The maximum absolute atomic E-state index is 12.2. The van der Waals surface area contributed by atoms with Crippen LogP contribution in [0, 0.1) is 6.92 Å². The van der Waals surface area contributed by atoms with Crippen molar-refractivity contribution >= 4 is 29.1 Å². The van der Waals surface area contributed by atoms with Gasteiger partial charge in [0.25, 0.3) is 0 Å². The van der Waals surface area contributed by atoms with Crippen molar-refractivity contribution in [2.24, 2.45) is 0 Å². The summed E-state index contributed by atoms with van der Waals surface area (Å²) in [6.07, 6.45) is 3.02.